The highest BCUT2D eigenvalue weighted by Gasteiger charge is 2.43. The fourth-order valence-corrected chi connectivity index (χ4v) is 4.85. The van der Waals surface area contributed by atoms with Crippen LogP contribution in [0.25, 0.3) is 0 Å². The summed E-state index contributed by atoms with van der Waals surface area (Å²) in [4.78, 5) is 13.0. The highest BCUT2D eigenvalue weighted by atomic mass is 32.2. The summed E-state index contributed by atoms with van der Waals surface area (Å²) in [5.41, 5.74) is 0. The van der Waals surface area contributed by atoms with E-state index in [4.69, 9.17) is 0 Å². The van der Waals surface area contributed by atoms with Gasteiger partial charge < -0.3 is 4.90 Å². The van der Waals surface area contributed by atoms with Gasteiger partial charge in [0.25, 0.3) is 0 Å². The van der Waals surface area contributed by atoms with Gasteiger partial charge in [-0.3, -0.25) is 4.79 Å². The molecule has 0 N–H and O–H groups in total. The molecule has 0 aromatic carbocycles. The van der Waals surface area contributed by atoms with E-state index in [1.165, 1.54) is 16.5 Å². The molecule has 2 fully saturated rings. The van der Waals surface area contributed by atoms with E-state index in [-0.39, 0.29) is 36.4 Å². The minimum absolute atomic E-state index is 0.0148. The first kappa shape index (κ1) is 16.5. The van der Waals surface area contributed by atoms with Crippen LogP contribution in [0.5, 0.6) is 0 Å². The van der Waals surface area contributed by atoms with Gasteiger partial charge in [-0.05, 0) is 18.9 Å². The fourth-order valence-electron chi connectivity index (χ4n) is 3.26. The molecule has 1 amide bonds. The number of alkyl halides is 3. The lowest BCUT2D eigenvalue weighted by molar-refractivity contribution is -0.160. The van der Waals surface area contributed by atoms with Gasteiger partial charge in [-0.1, -0.05) is 12.2 Å². The van der Waals surface area contributed by atoms with Crippen molar-refractivity contribution in [3.63, 3.8) is 0 Å². The molecule has 0 saturated carbocycles. The molecule has 3 rings (SSSR count). The molecule has 2 saturated heterocycles. The number of carbonyl (C=O) groups excluding carboxylic acids is 1. The van der Waals surface area contributed by atoms with E-state index in [2.05, 4.69) is 0 Å². The average Bonchev–Trinajstić information content (AvgIpc) is 2.87. The van der Waals surface area contributed by atoms with Gasteiger partial charge in [-0.25, -0.2) is 8.42 Å². The summed E-state index contributed by atoms with van der Waals surface area (Å²) >= 11 is 0. The molecule has 2 heterocycles. The predicted molar refractivity (Wildman–Crippen MR) is 76.6 cm³/mol. The summed E-state index contributed by atoms with van der Waals surface area (Å²) in [6.45, 7) is 0.560. The van der Waals surface area contributed by atoms with E-state index >= 15 is 0 Å². The molecule has 5 nitrogen and oxygen atoms in total. The first-order valence-electron chi connectivity index (χ1n) is 7.44. The highest BCUT2D eigenvalue weighted by Crippen LogP contribution is 2.35. The SMILES string of the molecule is O=C1CC[C@@H]2CN(S(=O)(=O)C3=CC(C(F)(F)F)CC=C3)CCN12. The number of rotatable bonds is 2. The van der Waals surface area contributed by atoms with E-state index in [0.29, 0.717) is 19.4 Å². The molecule has 2 aliphatic heterocycles. The number of carbonyl (C=O) groups is 1. The fraction of sp³-hybridized carbons (Fsp3) is 0.643. The second-order valence-electron chi connectivity index (χ2n) is 6.00. The van der Waals surface area contributed by atoms with Crippen molar-refractivity contribution in [3.05, 3.63) is 23.1 Å². The van der Waals surface area contributed by atoms with Gasteiger partial charge in [0.15, 0.2) is 0 Å². The maximum atomic E-state index is 12.8. The molecular weight excluding hydrogens is 333 g/mol. The Hall–Kier alpha value is -1.35. The highest BCUT2D eigenvalue weighted by molar-refractivity contribution is 7.93. The molecule has 3 aliphatic rings. The monoisotopic (exact) mass is 350 g/mol. The first-order chi connectivity index (χ1) is 10.7. The predicted octanol–water partition coefficient (Wildman–Crippen LogP) is 1.65. The van der Waals surface area contributed by atoms with Crippen LogP contribution in [0.2, 0.25) is 0 Å². The Morgan fingerprint density at radius 1 is 1.22 bits per heavy atom. The van der Waals surface area contributed by atoms with Crippen LogP contribution in [0.15, 0.2) is 23.1 Å². The van der Waals surface area contributed by atoms with Crippen LogP contribution in [0.3, 0.4) is 0 Å². The van der Waals surface area contributed by atoms with Crippen LogP contribution in [0, 0.1) is 5.92 Å². The van der Waals surface area contributed by atoms with Crippen molar-refractivity contribution in [2.24, 2.45) is 5.92 Å². The van der Waals surface area contributed by atoms with Crippen molar-refractivity contribution in [3.8, 4) is 0 Å². The third-order valence-corrected chi connectivity index (χ3v) is 6.43. The van der Waals surface area contributed by atoms with Gasteiger partial charge in [0.05, 0.1) is 10.8 Å². The molecule has 0 radical (unpaired) electrons. The van der Waals surface area contributed by atoms with Crippen molar-refractivity contribution in [1.29, 1.82) is 0 Å². The minimum Gasteiger partial charge on any atom is -0.337 e. The Kier molecular flexibility index (Phi) is 4.04. The lowest BCUT2D eigenvalue weighted by atomic mass is 10.0. The molecule has 1 aliphatic carbocycles. The van der Waals surface area contributed by atoms with Gasteiger partial charge in [0.1, 0.15) is 0 Å². The number of allylic oxidation sites excluding steroid dienone is 3. The normalized spacial score (nSPS) is 29.6. The van der Waals surface area contributed by atoms with E-state index in [1.54, 1.807) is 4.90 Å². The van der Waals surface area contributed by atoms with Crippen molar-refractivity contribution < 1.29 is 26.4 Å². The summed E-state index contributed by atoms with van der Waals surface area (Å²) in [6, 6.07) is -0.169. The Morgan fingerprint density at radius 2 is 1.96 bits per heavy atom. The summed E-state index contributed by atoms with van der Waals surface area (Å²) < 4.78 is 64.9. The van der Waals surface area contributed by atoms with Gasteiger partial charge >= 0.3 is 6.18 Å². The van der Waals surface area contributed by atoms with Gasteiger partial charge in [-0.15, -0.1) is 0 Å². The summed E-state index contributed by atoms with van der Waals surface area (Å²) in [5.74, 6) is -1.76. The maximum absolute atomic E-state index is 12.8. The van der Waals surface area contributed by atoms with Crippen LogP contribution in [0.1, 0.15) is 19.3 Å². The van der Waals surface area contributed by atoms with E-state index in [0.717, 1.165) is 6.08 Å². The Labute approximate surface area is 132 Å². The summed E-state index contributed by atoms with van der Waals surface area (Å²) in [6.07, 6.45) is -0.427. The number of hydrogen-bond acceptors (Lipinski definition) is 3. The Morgan fingerprint density at radius 3 is 2.65 bits per heavy atom. The Balaban J connectivity index is 1.80. The van der Waals surface area contributed by atoms with Crippen LogP contribution in [-0.4, -0.2) is 55.4 Å². The summed E-state index contributed by atoms with van der Waals surface area (Å²) in [7, 11) is -3.96. The number of piperazine rings is 1. The van der Waals surface area contributed by atoms with Crippen LogP contribution >= 0.6 is 0 Å². The van der Waals surface area contributed by atoms with Gasteiger partial charge in [-0.2, -0.15) is 17.5 Å². The number of nitrogens with zero attached hydrogens (tertiary/aromatic N) is 2. The Bertz CT molecular complexity index is 669. The van der Waals surface area contributed by atoms with Crippen LogP contribution in [-0.2, 0) is 14.8 Å². The molecule has 2 atom stereocenters. The standard InChI is InChI=1S/C14H17F3N2O3S/c15-14(16,17)10-2-1-3-12(8-10)23(21,22)18-6-7-19-11(9-18)4-5-13(19)20/h1,3,8,10-11H,2,4-7,9H2/t10?,11-/m1/s1. The number of sulfonamides is 1. The van der Waals surface area contributed by atoms with E-state index in [9.17, 15) is 26.4 Å². The molecule has 9 heteroatoms. The van der Waals surface area contributed by atoms with E-state index in [1.807, 2.05) is 0 Å². The number of halogens is 3. The molecule has 0 aromatic heterocycles. The zero-order valence-corrected chi connectivity index (χ0v) is 13.1. The van der Waals surface area contributed by atoms with Crippen molar-refractivity contribution in [1.82, 2.24) is 9.21 Å². The number of fused-ring (bicyclic) bond motifs is 1. The third kappa shape index (κ3) is 3.03. The molecule has 0 bridgehead atoms. The third-order valence-electron chi connectivity index (χ3n) is 4.55. The smallest absolute Gasteiger partial charge is 0.337 e. The second kappa shape index (κ2) is 5.62. The number of hydrogen-bond donors (Lipinski definition) is 0. The zero-order valence-electron chi connectivity index (χ0n) is 12.3. The van der Waals surface area contributed by atoms with E-state index < -0.39 is 22.1 Å². The van der Waals surface area contributed by atoms with Gasteiger partial charge in [0, 0.05) is 32.1 Å². The number of amides is 1. The molecule has 128 valence electrons. The van der Waals surface area contributed by atoms with Crippen LogP contribution in [0.4, 0.5) is 13.2 Å². The topological polar surface area (TPSA) is 57.7 Å². The zero-order chi connectivity index (χ0) is 16.8. The van der Waals surface area contributed by atoms with Crippen LogP contribution < -0.4 is 0 Å². The first-order valence-corrected chi connectivity index (χ1v) is 8.88. The molecule has 1 unspecified atom stereocenters. The lowest BCUT2D eigenvalue weighted by Crippen LogP contribution is -2.53. The largest absolute Gasteiger partial charge is 0.395 e. The average molecular weight is 350 g/mol. The lowest BCUT2D eigenvalue weighted by Gasteiger charge is -2.37. The molecule has 0 aromatic rings. The molecule has 23 heavy (non-hydrogen) atoms. The summed E-state index contributed by atoms with van der Waals surface area (Å²) in [5, 5.41) is 0. The van der Waals surface area contributed by atoms with Gasteiger partial charge in [0.2, 0.25) is 15.9 Å². The maximum Gasteiger partial charge on any atom is 0.395 e. The minimum atomic E-state index is -4.46. The van der Waals surface area contributed by atoms with Crippen molar-refractivity contribution >= 4 is 15.9 Å². The quantitative estimate of drug-likeness (QED) is 0.761. The molecule has 0 spiro atoms. The second-order valence-corrected chi connectivity index (χ2v) is 7.94. The van der Waals surface area contributed by atoms with Crippen molar-refractivity contribution in [2.45, 2.75) is 31.5 Å². The molecular formula is C14H17F3N2O3S. The van der Waals surface area contributed by atoms with Crippen molar-refractivity contribution in [2.75, 3.05) is 19.6 Å².